The van der Waals surface area contributed by atoms with Crippen LogP contribution in [0.25, 0.3) is 0 Å². The summed E-state index contributed by atoms with van der Waals surface area (Å²) in [6.07, 6.45) is 0.836. The minimum absolute atomic E-state index is 0.200. The number of thiophene rings is 1. The van der Waals surface area contributed by atoms with E-state index in [0.29, 0.717) is 18.6 Å². The predicted octanol–water partition coefficient (Wildman–Crippen LogP) is 2.65. The quantitative estimate of drug-likeness (QED) is 0.666. The number of halogens is 1. The van der Waals surface area contributed by atoms with Crippen molar-refractivity contribution in [2.24, 2.45) is 0 Å². The Bertz CT molecular complexity index is 995. The van der Waals surface area contributed by atoms with Crippen LogP contribution in [0.5, 0.6) is 5.75 Å². The lowest BCUT2D eigenvalue weighted by molar-refractivity contribution is 0.308. The van der Waals surface area contributed by atoms with Crippen molar-refractivity contribution >= 4 is 47.3 Å². The fourth-order valence-electron chi connectivity index (χ4n) is 2.83. The molecule has 0 amide bonds. The highest BCUT2D eigenvalue weighted by atomic mass is 79.9. The second kappa shape index (κ2) is 8.18. The summed E-state index contributed by atoms with van der Waals surface area (Å²) in [5.41, 5.74) is 0. The van der Waals surface area contributed by atoms with Gasteiger partial charge in [0, 0.05) is 19.1 Å². The average Bonchev–Trinajstić information content (AvgIpc) is 3.09. The number of hydrogen-bond donors (Lipinski definition) is 1. The van der Waals surface area contributed by atoms with E-state index in [0.717, 1.165) is 15.1 Å². The highest BCUT2D eigenvalue weighted by molar-refractivity contribution is 9.11. The molecule has 0 bridgehead atoms. The Labute approximate surface area is 171 Å². The molecule has 2 aromatic rings. The van der Waals surface area contributed by atoms with Crippen LogP contribution >= 0.6 is 27.3 Å². The molecule has 1 aliphatic heterocycles. The molecule has 1 fully saturated rings. The average molecular weight is 495 g/mol. The van der Waals surface area contributed by atoms with Gasteiger partial charge < -0.3 is 4.74 Å². The Kier molecular flexibility index (Phi) is 6.28. The van der Waals surface area contributed by atoms with Gasteiger partial charge in [-0.1, -0.05) is 0 Å². The van der Waals surface area contributed by atoms with Crippen molar-refractivity contribution < 1.29 is 21.6 Å². The van der Waals surface area contributed by atoms with Gasteiger partial charge in [0.05, 0.1) is 15.8 Å². The standard InChI is InChI=1S/C16H19BrN2O5S3/c1-24-13-2-4-14(5-3-13)27(22,23)19-10-8-12(9-11-19)18-26(20,21)16-7-6-15(17)25-16/h2-7,12,18H,8-11H2,1H3. The Morgan fingerprint density at radius 2 is 1.70 bits per heavy atom. The number of nitrogens with one attached hydrogen (secondary N) is 1. The third-order valence-corrected chi connectivity index (χ3v) is 9.84. The Balaban J connectivity index is 1.64. The van der Waals surface area contributed by atoms with Gasteiger partial charge in [0.15, 0.2) is 0 Å². The van der Waals surface area contributed by atoms with Crippen LogP contribution in [0.15, 0.2) is 49.3 Å². The predicted molar refractivity (Wildman–Crippen MR) is 107 cm³/mol. The van der Waals surface area contributed by atoms with E-state index in [1.54, 1.807) is 24.3 Å². The summed E-state index contributed by atoms with van der Waals surface area (Å²) in [6.45, 7) is 0.519. The van der Waals surface area contributed by atoms with Crippen LogP contribution in [0.3, 0.4) is 0 Å². The maximum atomic E-state index is 12.7. The van der Waals surface area contributed by atoms with Crippen LogP contribution in [-0.4, -0.2) is 47.4 Å². The van der Waals surface area contributed by atoms with Gasteiger partial charge in [0.2, 0.25) is 20.0 Å². The Morgan fingerprint density at radius 1 is 1.07 bits per heavy atom. The SMILES string of the molecule is COc1ccc(S(=O)(=O)N2CCC(NS(=O)(=O)c3ccc(Br)s3)CC2)cc1. The number of piperidine rings is 1. The zero-order valence-corrected chi connectivity index (χ0v) is 18.5. The summed E-state index contributed by atoms with van der Waals surface area (Å²) in [5.74, 6) is 0.585. The Morgan fingerprint density at radius 3 is 2.22 bits per heavy atom. The largest absolute Gasteiger partial charge is 0.497 e. The molecule has 0 radical (unpaired) electrons. The van der Waals surface area contributed by atoms with Crippen LogP contribution in [0.2, 0.25) is 0 Å². The van der Waals surface area contributed by atoms with Crippen molar-refractivity contribution in [3.05, 3.63) is 40.2 Å². The minimum Gasteiger partial charge on any atom is -0.497 e. The first-order chi connectivity index (χ1) is 12.7. The summed E-state index contributed by atoms with van der Waals surface area (Å²) in [4.78, 5) is 0.200. The Hall–Kier alpha value is -0.980. The number of rotatable bonds is 6. The highest BCUT2D eigenvalue weighted by Gasteiger charge is 2.31. The zero-order valence-electron chi connectivity index (χ0n) is 14.5. The van der Waals surface area contributed by atoms with Crippen LogP contribution in [0.1, 0.15) is 12.8 Å². The van der Waals surface area contributed by atoms with Crippen molar-refractivity contribution in [3.8, 4) is 5.75 Å². The third-order valence-electron chi connectivity index (χ3n) is 4.29. The number of benzene rings is 1. The minimum atomic E-state index is -3.61. The van der Waals surface area contributed by atoms with Gasteiger partial charge in [0.25, 0.3) is 0 Å². The molecule has 1 saturated heterocycles. The molecule has 11 heteroatoms. The highest BCUT2D eigenvalue weighted by Crippen LogP contribution is 2.27. The summed E-state index contributed by atoms with van der Waals surface area (Å²) in [6, 6.07) is 9.16. The smallest absolute Gasteiger partial charge is 0.250 e. The van der Waals surface area contributed by atoms with Crippen LogP contribution in [-0.2, 0) is 20.0 Å². The number of sulfonamides is 2. The molecule has 3 rings (SSSR count). The number of hydrogen-bond acceptors (Lipinski definition) is 6. The van der Waals surface area contributed by atoms with Gasteiger partial charge in [0.1, 0.15) is 9.96 Å². The van der Waals surface area contributed by atoms with Gasteiger partial charge in [-0.2, -0.15) is 4.31 Å². The van der Waals surface area contributed by atoms with E-state index < -0.39 is 20.0 Å². The number of nitrogens with zero attached hydrogens (tertiary/aromatic N) is 1. The van der Waals surface area contributed by atoms with Crippen molar-refractivity contribution in [1.82, 2.24) is 9.03 Å². The van der Waals surface area contributed by atoms with E-state index in [1.807, 2.05) is 0 Å². The van der Waals surface area contributed by atoms with E-state index in [2.05, 4.69) is 20.7 Å². The molecule has 27 heavy (non-hydrogen) atoms. The molecular formula is C16H19BrN2O5S3. The van der Waals surface area contributed by atoms with Crippen molar-refractivity contribution in [3.63, 3.8) is 0 Å². The fourth-order valence-corrected chi connectivity index (χ4v) is 7.63. The lowest BCUT2D eigenvalue weighted by Crippen LogP contribution is -2.46. The molecule has 7 nitrogen and oxygen atoms in total. The second-order valence-corrected chi connectivity index (χ2v) is 12.4. The summed E-state index contributed by atoms with van der Waals surface area (Å²) in [5, 5.41) is 0. The monoisotopic (exact) mass is 494 g/mol. The maximum Gasteiger partial charge on any atom is 0.250 e. The first kappa shape index (κ1) is 20.7. The van der Waals surface area contributed by atoms with Gasteiger partial charge in [-0.3, -0.25) is 0 Å². The van der Waals surface area contributed by atoms with E-state index in [9.17, 15) is 16.8 Å². The van der Waals surface area contributed by atoms with E-state index in [-0.39, 0.29) is 28.2 Å². The maximum absolute atomic E-state index is 12.7. The molecule has 0 atom stereocenters. The summed E-state index contributed by atoms with van der Waals surface area (Å²) < 4.78 is 60.4. The number of methoxy groups -OCH3 is 1. The summed E-state index contributed by atoms with van der Waals surface area (Å²) in [7, 11) is -5.68. The first-order valence-corrected chi connectivity index (χ1v) is 12.7. The van der Waals surface area contributed by atoms with Crippen molar-refractivity contribution in [2.45, 2.75) is 28.0 Å². The molecule has 0 unspecified atom stereocenters. The van der Waals surface area contributed by atoms with Gasteiger partial charge in [-0.25, -0.2) is 21.6 Å². The van der Waals surface area contributed by atoms with Crippen LogP contribution < -0.4 is 9.46 Å². The molecule has 0 aliphatic carbocycles. The van der Waals surface area contributed by atoms with E-state index in [4.69, 9.17) is 4.74 Å². The lowest BCUT2D eigenvalue weighted by atomic mass is 10.1. The molecule has 0 spiro atoms. The summed E-state index contributed by atoms with van der Waals surface area (Å²) >= 11 is 4.39. The molecule has 1 aromatic heterocycles. The van der Waals surface area contributed by atoms with Crippen molar-refractivity contribution in [2.75, 3.05) is 20.2 Å². The fraction of sp³-hybridized carbons (Fsp3) is 0.375. The molecule has 1 aromatic carbocycles. The molecule has 1 aliphatic rings. The first-order valence-electron chi connectivity index (χ1n) is 8.14. The zero-order chi connectivity index (χ0) is 19.7. The molecule has 1 N–H and O–H groups in total. The van der Waals surface area contributed by atoms with E-state index >= 15 is 0 Å². The van der Waals surface area contributed by atoms with Gasteiger partial charge >= 0.3 is 0 Å². The van der Waals surface area contributed by atoms with Crippen molar-refractivity contribution in [1.29, 1.82) is 0 Å². The number of ether oxygens (including phenoxy) is 1. The normalized spacial score (nSPS) is 17.1. The van der Waals surface area contributed by atoms with Gasteiger partial charge in [-0.15, -0.1) is 11.3 Å². The topological polar surface area (TPSA) is 92.8 Å². The van der Waals surface area contributed by atoms with E-state index in [1.165, 1.54) is 23.5 Å². The molecule has 148 valence electrons. The second-order valence-electron chi connectivity index (χ2n) is 6.03. The molecular weight excluding hydrogens is 476 g/mol. The molecule has 2 heterocycles. The van der Waals surface area contributed by atoms with Crippen LogP contribution in [0, 0.1) is 0 Å². The van der Waals surface area contributed by atoms with Crippen LogP contribution in [0.4, 0.5) is 0 Å². The lowest BCUT2D eigenvalue weighted by Gasteiger charge is -2.31. The van der Waals surface area contributed by atoms with Gasteiger partial charge in [-0.05, 0) is 65.2 Å². The third kappa shape index (κ3) is 4.72. The molecule has 0 saturated carbocycles.